The predicted octanol–water partition coefficient (Wildman–Crippen LogP) is 4.91. The maximum absolute atomic E-state index is 14.2. The van der Waals surface area contributed by atoms with Crippen LogP contribution in [0, 0.1) is 5.82 Å². The van der Waals surface area contributed by atoms with Gasteiger partial charge in [-0.25, -0.2) is 4.39 Å². The predicted molar refractivity (Wildman–Crippen MR) is 121 cm³/mol. The van der Waals surface area contributed by atoms with Crippen molar-refractivity contribution in [2.45, 2.75) is 25.8 Å². The Kier molecular flexibility index (Phi) is 6.47. The maximum atomic E-state index is 14.2. The van der Waals surface area contributed by atoms with E-state index in [1.54, 1.807) is 23.5 Å². The Labute approximate surface area is 185 Å². The molecule has 0 spiro atoms. The van der Waals surface area contributed by atoms with Crippen LogP contribution in [0.5, 0.6) is 0 Å². The first-order chi connectivity index (χ1) is 15.1. The molecule has 3 aromatic rings. The van der Waals surface area contributed by atoms with Crippen LogP contribution in [-0.2, 0) is 11.2 Å². The summed E-state index contributed by atoms with van der Waals surface area (Å²) in [5.74, 6) is -1.13. The Hall–Kier alpha value is -2.99. The number of carbonyl (C=O) groups excluding carboxylic acids is 2. The van der Waals surface area contributed by atoms with Gasteiger partial charge < -0.3 is 9.80 Å². The zero-order valence-corrected chi connectivity index (χ0v) is 18.3. The lowest BCUT2D eigenvalue weighted by Gasteiger charge is -2.37. The maximum Gasteiger partial charge on any atom is 0.257 e. The van der Waals surface area contributed by atoms with Gasteiger partial charge in [-0.2, -0.15) is 0 Å². The van der Waals surface area contributed by atoms with E-state index in [1.807, 2.05) is 42.2 Å². The lowest BCUT2D eigenvalue weighted by Crippen LogP contribution is -2.47. The van der Waals surface area contributed by atoms with Crippen molar-refractivity contribution in [3.05, 3.63) is 93.4 Å². The standard InChI is InChI=1S/C25H25FN2O2S/c1-2-14-27(25(30)19-10-6-7-11-21(19)26)17-23(29)28-15-12-22-20(13-16-31-22)24(28)18-8-4-3-5-9-18/h3-11,13,16,24H,2,12,14-15,17H2,1H3. The number of thiophene rings is 1. The van der Waals surface area contributed by atoms with Crippen LogP contribution in [0.25, 0.3) is 0 Å². The van der Waals surface area contributed by atoms with Crippen molar-refractivity contribution in [2.75, 3.05) is 19.6 Å². The minimum atomic E-state index is -0.566. The molecule has 1 aliphatic heterocycles. The number of hydrogen-bond donors (Lipinski definition) is 0. The number of fused-ring (bicyclic) bond motifs is 1. The Bertz CT molecular complexity index is 1070. The van der Waals surface area contributed by atoms with Crippen LogP contribution in [0.15, 0.2) is 66.0 Å². The summed E-state index contributed by atoms with van der Waals surface area (Å²) in [4.78, 5) is 31.1. The molecule has 2 aromatic carbocycles. The molecule has 0 N–H and O–H groups in total. The molecule has 0 bridgehead atoms. The zero-order chi connectivity index (χ0) is 21.8. The fraction of sp³-hybridized carbons (Fsp3) is 0.280. The second-order valence-electron chi connectivity index (χ2n) is 7.66. The van der Waals surface area contributed by atoms with Crippen molar-refractivity contribution >= 4 is 23.2 Å². The Morgan fingerprint density at radius 3 is 2.58 bits per heavy atom. The first-order valence-corrected chi connectivity index (χ1v) is 11.4. The second-order valence-corrected chi connectivity index (χ2v) is 8.66. The summed E-state index contributed by atoms with van der Waals surface area (Å²) in [7, 11) is 0. The average molecular weight is 437 g/mol. The van der Waals surface area contributed by atoms with Crippen molar-refractivity contribution in [2.24, 2.45) is 0 Å². The minimum absolute atomic E-state index is 0.00197. The lowest BCUT2D eigenvalue weighted by molar-refractivity contribution is -0.134. The summed E-state index contributed by atoms with van der Waals surface area (Å²) in [6.45, 7) is 2.87. The van der Waals surface area contributed by atoms with E-state index in [0.29, 0.717) is 19.5 Å². The molecule has 6 heteroatoms. The molecular formula is C25H25FN2O2S. The largest absolute Gasteiger partial charge is 0.330 e. The monoisotopic (exact) mass is 436 g/mol. The van der Waals surface area contributed by atoms with E-state index in [0.717, 1.165) is 17.5 Å². The molecule has 4 rings (SSSR count). The van der Waals surface area contributed by atoms with Gasteiger partial charge in [-0.05, 0) is 47.5 Å². The summed E-state index contributed by atoms with van der Waals surface area (Å²) in [6, 6.07) is 17.8. The molecule has 2 heterocycles. The Morgan fingerprint density at radius 1 is 1.10 bits per heavy atom. The summed E-state index contributed by atoms with van der Waals surface area (Å²) >= 11 is 1.72. The topological polar surface area (TPSA) is 40.6 Å². The molecule has 0 saturated carbocycles. The molecule has 0 fully saturated rings. The molecule has 1 aliphatic rings. The average Bonchev–Trinajstić information content (AvgIpc) is 3.27. The van der Waals surface area contributed by atoms with Crippen molar-refractivity contribution < 1.29 is 14.0 Å². The van der Waals surface area contributed by atoms with Gasteiger partial charge in [0.05, 0.1) is 11.6 Å². The highest BCUT2D eigenvalue weighted by molar-refractivity contribution is 7.10. The smallest absolute Gasteiger partial charge is 0.257 e. The molecule has 1 unspecified atom stereocenters. The molecule has 160 valence electrons. The number of rotatable bonds is 6. The van der Waals surface area contributed by atoms with E-state index >= 15 is 0 Å². The third-order valence-corrected chi connectivity index (χ3v) is 6.61. The molecular weight excluding hydrogens is 411 g/mol. The summed E-state index contributed by atoms with van der Waals surface area (Å²) < 4.78 is 14.2. The number of carbonyl (C=O) groups is 2. The van der Waals surface area contributed by atoms with E-state index in [1.165, 1.54) is 21.9 Å². The van der Waals surface area contributed by atoms with E-state index in [2.05, 4.69) is 11.4 Å². The van der Waals surface area contributed by atoms with Gasteiger partial charge in [0.15, 0.2) is 0 Å². The van der Waals surface area contributed by atoms with Crippen LogP contribution in [-0.4, -0.2) is 41.2 Å². The van der Waals surface area contributed by atoms with Crippen molar-refractivity contribution in [1.29, 1.82) is 0 Å². The van der Waals surface area contributed by atoms with Crippen LogP contribution in [0.3, 0.4) is 0 Å². The third-order valence-electron chi connectivity index (χ3n) is 5.61. The van der Waals surface area contributed by atoms with Crippen LogP contribution in [0.1, 0.15) is 45.7 Å². The normalized spacial score (nSPS) is 15.4. The highest BCUT2D eigenvalue weighted by Crippen LogP contribution is 2.37. The summed E-state index contributed by atoms with van der Waals surface area (Å²) in [6.07, 6.45) is 1.49. The minimum Gasteiger partial charge on any atom is -0.330 e. The molecule has 0 radical (unpaired) electrons. The van der Waals surface area contributed by atoms with Gasteiger partial charge in [-0.3, -0.25) is 9.59 Å². The zero-order valence-electron chi connectivity index (χ0n) is 17.5. The molecule has 0 aliphatic carbocycles. The van der Waals surface area contributed by atoms with Crippen LogP contribution >= 0.6 is 11.3 Å². The van der Waals surface area contributed by atoms with E-state index in [9.17, 15) is 14.0 Å². The van der Waals surface area contributed by atoms with Gasteiger partial charge in [0.2, 0.25) is 5.91 Å². The first kappa shape index (κ1) is 21.2. The number of nitrogens with zero attached hydrogens (tertiary/aromatic N) is 2. The highest BCUT2D eigenvalue weighted by Gasteiger charge is 2.34. The quantitative estimate of drug-likeness (QED) is 0.551. The second kappa shape index (κ2) is 9.43. The van der Waals surface area contributed by atoms with Gasteiger partial charge in [-0.1, -0.05) is 49.4 Å². The molecule has 1 atom stereocenters. The van der Waals surface area contributed by atoms with Crippen molar-refractivity contribution in [3.63, 3.8) is 0 Å². The van der Waals surface area contributed by atoms with Gasteiger partial charge in [0.1, 0.15) is 12.4 Å². The fourth-order valence-corrected chi connectivity index (χ4v) is 5.07. The van der Waals surface area contributed by atoms with Crippen LogP contribution < -0.4 is 0 Å². The highest BCUT2D eigenvalue weighted by atomic mass is 32.1. The number of amides is 2. The van der Waals surface area contributed by atoms with E-state index in [4.69, 9.17) is 0 Å². The number of hydrogen-bond acceptors (Lipinski definition) is 3. The number of benzene rings is 2. The van der Waals surface area contributed by atoms with Gasteiger partial charge in [0, 0.05) is 18.0 Å². The van der Waals surface area contributed by atoms with Gasteiger partial charge >= 0.3 is 0 Å². The van der Waals surface area contributed by atoms with Crippen LogP contribution in [0.4, 0.5) is 4.39 Å². The first-order valence-electron chi connectivity index (χ1n) is 10.5. The summed E-state index contributed by atoms with van der Waals surface area (Å²) in [5.41, 5.74) is 2.21. The molecule has 0 saturated heterocycles. The molecule has 4 nitrogen and oxygen atoms in total. The van der Waals surface area contributed by atoms with E-state index in [-0.39, 0.29) is 24.1 Å². The Balaban J connectivity index is 1.61. The van der Waals surface area contributed by atoms with Gasteiger partial charge in [-0.15, -0.1) is 11.3 Å². The van der Waals surface area contributed by atoms with Crippen molar-refractivity contribution in [3.8, 4) is 0 Å². The van der Waals surface area contributed by atoms with Crippen LogP contribution in [0.2, 0.25) is 0 Å². The van der Waals surface area contributed by atoms with Crippen molar-refractivity contribution in [1.82, 2.24) is 9.80 Å². The van der Waals surface area contributed by atoms with Gasteiger partial charge in [0.25, 0.3) is 5.91 Å². The number of halogens is 1. The molecule has 31 heavy (non-hydrogen) atoms. The molecule has 2 amide bonds. The summed E-state index contributed by atoms with van der Waals surface area (Å²) in [5, 5.41) is 2.07. The SMILES string of the molecule is CCCN(CC(=O)N1CCc2sccc2C1c1ccccc1)C(=O)c1ccccc1F. The Morgan fingerprint density at radius 2 is 1.84 bits per heavy atom. The lowest BCUT2D eigenvalue weighted by atomic mass is 9.93. The fourth-order valence-electron chi connectivity index (χ4n) is 4.16. The third kappa shape index (κ3) is 4.39. The molecule has 1 aromatic heterocycles. The van der Waals surface area contributed by atoms with E-state index < -0.39 is 11.7 Å².